The quantitative estimate of drug-likeness (QED) is 0.219. The van der Waals surface area contributed by atoms with Gasteiger partial charge in [-0.2, -0.15) is 0 Å². The van der Waals surface area contributed by atoms with Crippen LogP contribution in [0, 0.1) is 13.3 Å². The van der Waals surface area contributed by atoms with Crippen LogP contribution in [-0.4, -0.2) is 11.1 Å². The van der Waals surface area contributed by atoms with Gasteiger partial charge in [0, 0.05) is 11.1 Å². The summed E-state index contributed by atoms with van der Waals surface area (Å²) < 4.78 is 0. The number of hydrogen-bond acceptors (Lipinski definition) is 4. The SMILES string of the molecule is CC(C)(C)N[C]NN[C]NC(C)(C)C.[Br][Pd][Br]. The number of halogens is 2. The number of nitrogens with one attached hydrogen (secondary N) is 4. The molecular formula is C10H22Br2N4Pd. The summed E-state index contributed by atoms with van der Waals surface area (Å²) in [5, 5.41) is 6.06. The third kappa shape index (κ3) is 26.9. The van der Waals surface area contributed by atoms with Gasteiger partial charge in [-0.05, 0) is 41.5 Å². The zero-order valence-corrected chi connectivity index (χ0v) is 15.8. The predicted molar refractivity (Wildman–Crippen MR) is 76.4 cm³/mol. The molecule has 0 aliphatic carbocycles. The molecule has 0 atom stereocenters. The summed E-state index contributed by atoms with van der Waals surface area (Å²) in [4.78, 5) is 0. The molecule has 0 aliphatic heterocycles. The van der Waals surface area contributed by atoms with Crippen LogP contribution in [0.2, 0.25) is 0 Å². The van der Waals surface area contributed by atoms with Crippen LogP contribution in [0.15, 0.2) is 0 Å². The zero-order valence-electron chi connectivity index (χ0n) is 11.1. The molecule has 4 nitrogen and oxygen atoms in total. The molecule has 0 aromatic carbocycles. The van der Waals surface area contributed by atoms with E-state index in [0.717, 1.165) is 0 Å². The van der Waals surface area contributed by atoms with E-state index in [0.29, 0.717) is 13.9 Å². The van der Waals surface area contributed by atoms with Crippen LogP contribution in [0.25, 0.3) is 0 Å². The Hall–Kier alpha value is 1.46. The molecule has 0 unspecified atom stereocenters. The standard InChI is InChI=1S/C10H22N4.2BrH.Pd/c1-9(2,3)11-7-13-14-8-12-10(4,5)6;;;/h11-14H,1-6H3;2*1H;/q;;;+2/p-2. The fraction of sp³-hybridized carbons (Fsp3) is 0.800. The third-order valence-electron chi connectivity index (χ3n) is 1.06. The summed E-state index contributed by atoms with van der Waals surface area (Å²) in [6.07, 6.45) is 0. The van der Waals surface area contributed by atoms with E-state index >= 15 is 0 Å². The van der Waals surface area contributed by atoms with Crippen LogP contribution in [0.5, 0.6) is 0 Å². The van der Waals surface area contributed by atoms with Crippen LogP contribution < -0.4 is 21.5 Å². The molecule has 0 saturated carbocycles. The Morgan fingerprint density at radius 2 is 1.00 bits per heavy atom. The van der Waals surface area contributed by atoms with Gasteiger partial charge in [-0.3, -0.25) is 10.6 Å². The molecule has 0 aromatic rings. The van der Waals surface area contributed by atoms with Crippen molar-refractivity contribution in [3.05, 3.63) is 13.3 Å². The van der Waals surface area contributed by atoms with E-state index < -0.39 is 0 Å². The molecule has 0 spiro atoms. The number of hydrogen-bond donors (Lipinski definition) is 4. The van der Waals surface area contributed by atoms with Crippen molar-refractivity contribution in [1.29, 1.82) is 0 Å². The van der Waals surface area contributed by atoms with Crippen LogP contribution in [-0.2, 0) is 13.9 Å². The van der Waals surface area contributed by atoms with Gasteiger partial charge in [-0.25, -0.2) is 10.9 Å². The van der Waals surface area contributed by atoms with Crippen molar-refractivity contribution in [2.75, 3.05) is 0 Å². The van der Waals surface area contributed by atoms with E-state index in [9.17, 15) is 0 Å². The minimum absolute atomic E-state index is 0.0200. The van der Waals surface area contributed by atoms with Gasteiger partial charge >= 0.3 is 40.8 Å². The van der Waals surface area contributed by atoms with Crippen LogP contribution in [0.3, 0.4) is 0 Å². The van der Waals surface area contributed by atoms with E-state index in [2.05, 4.69) is 103 Å². The van der Waals surface area contributed by atoms with Crippen LogP contribution in [0.1, 0.15) is 41.5 Å². The first-order valence-electron chi connectivity index (χ1n) is 4.99. The summed E-state index contributed by atoms with van der Waals surface area (Å²) in [5.41, 5.74) is 5.50. The second kappa shape index (κ2) is 11.3. The molecule has 0 rings (SSSR count). The molecule has 0 saturated heterocycles. The monoisotopic (exact) mass is 462 g/mol. The average molecular weight is 465 g/mol. The Balaban J connectivity index is 0. The Labute approximate surface area is 127 Å². The van der Waals surface area contributed by atoms with Crippen molar-refractivity contribution < 1.29 is 13.9 Å². The van der Waals surface area contributed by atoms with Gasteiger partial charge in [0.05, 0.1) is 0 Å². The van der Waals surface area contributed by atoms with E-state index in [1.165, 1.54) is 0 Å². The first kappa shape index (κ1) is 20.8. The first-order chi connectivity index (χ1) is 7.62. The Morgan fingerprint density at radius 1 is 0.765 bits per heavy atom. The summed E-state index contributed by atoms with van der Waals surface area (Å²) in [7, 11) is 0. The van der Waals surface area contributed by atoms with Gasteiger partial charge in [-0.15, -0.1) is 0 Å². The Morgan fingerprint density at radius 3 is 1.18 bits per heavy atom. The average Bonchev–Trinajstić information content (AvgIpc) is 2.09. The van der Waals surface area contributed by atoms with Gasteiger partial charge < -0.3 is 0 Å². The number of rotatable bonds is 5. The summed E-state index contributed by atoms with van der Waals surface area (Å²) in [5.74, 6) is 0. The Kier molecular flexibility index (Phi) is 13.8. The molecule has 4 radical (unpaired) electrons. The normalized spacial score (nSPS) is 12.2. The topological polar surface area (TPSA) is 48.1 Å². The fourth-order valence-corrected chi connectivity index (χ4v) is 0.500. The van der Waals surface area contributed by atoms with E-state index in [-0.39, 0.29) is 11.1 Å². The summed E-state index contributed by atoms with van der Waals surface area (Å²) >= 11 is 6.80. The van der Waals surface area contributed by atoms with Gasteiger partial charge in [0.25, 0.3) is 0 Å². The molecular weight excluding hydrogens is 442 g/mol. The van der Waals surface area contributed by atoms with Crippen LogP contribution >= 0.6 is 26.9 Å². The molecule has 106 valence electrons. The van der Waals surface area contributed by atoms with Crippen molar-refractivity contribution in [3.8, 4) is 0 Å². The van der Waals surface area contributed by atoms with Crippen molar-refractivity contribution in [2.45, 2.75) is 52.6 Å². The van der Waals surface area contributed by atoms with Gasteiger partial charge in [0.1, 0.15) is 0 Å². The van der Waals surface area contributed by atoms with Crippen molar-refractivity contribution in [3.63, 3.8) is 0 Å². The maximum atomic E-state index is 3.11. The summed E-state index contributed by atoms with van der Waals surface area (Å²) in [6, 6.07) is 0. The molecule has 0 bridgehead atoms. The first-order valence-corrected chi connectivity index (χ1v) is 12.1. The molecule has 17 heavy (non-hydrogen) atoms. The van der Waals surface area contributed by atoms with Crippen molar-refractivity contribution in [1.82, 2.24) is 21.5 Å². The van der Waals surface area contributed by atoms with Gasteiger partial charge in [0.2, 0.25) is 0 Å². The molecule has 0 fully saturated rings. The second-order valence-corrected chi connectivity index (χ2v) is 12.5. The third-order valence-corrected chi connectivity index (χ3v) is 1.06. The van der Waals surface area contributed by atoms with E-state index in [4.69, 9.17) is 0 Å². The van der Waals surface area contributed by atoms with Crippen molar-refractivity contribution >= 4 is 26.9 Å². The molecule has 0 amide bonds. The Bertz CT molecular complexity index is 151. The molecule has 0 heterocycles. The maximum absolute atomic E-state index is 3.11. The van der Waals surface area contributed by atoms with Crippen LogP contribution in [0.4, 0.5) is 0 Å². The van der Waals surface area contributed by atoms with E-state index in [1.807, 2.05) is 0 Å². The molecule has 0 aromatic heterocycles. The molecule has 0 aliphatic rings. The summed E-state index contributed by atoms with van der Waals surface area (Å²) in [6.45, 7) is 17.9. The fourth-order valence-electron chi connectivity index (χ4n) is 0.500. The molecule has 7 heteroatoms. The predicted octanol–water partition coefficient (Wildman–Crippen LogP) is 2.54. The minimum atomic E-state index is 0.0200. The second-order valence-electron chi connectivity index (χ2n) is 5.30. The van der Waals surface area contributed by atoms with E-state index in [1.54, 1.807) is 0 Å². The molecule has 4 N–H and O–H groups in total. The van der Waals surface area contributed by atoms with Gasteiger partial charge in [0.15, 0.2) is 13.3 Å². The number of hydrazine groups is 1. The van der Waals surface area contributed by atoms with Crippen molar-refractivity contribution in [2.24, 2.45) is 0 Å². The van der Waals surface area contributed by atoms with Gasteiger partial charge in [-0.1, -0.05) is 0 Å². The zero-order chi connectivity index (χ0) is 13.9.